The Bertz CT molecular complexity index is 490. The lowest BCUT2D eigenvalue weighted by Crippen LogP contribution is -2.42. The minimum absolute atomic E-state index is 0.101. The van der Waals surface area contributed by atoms with Gasteiger partial charge < -0.3 is 10.2 Å². The molecule has 0 unspecified atom stereocenters. The molecule has 0 spiro atoms. The molecule has 0 aromatic heterocycles. The van der Waals surface area contributed by atoms with Crippen LogP contribution in [-0.4, -0.2) is 16.2 Å². The third-order valence-corrected chi connectivity index (χ3v) is 4.56. The molecule has 0 bridgehead atoms. The minimum atomic E-state index is -0.887. The van der Waals surface area contributed by atoms with Gasteiger partial charge in [0.25, 0.3) is 0 Å². The van der Waals surface area contributed by atoms with Gasteiger partial charge in [-0.15, -0.1) is 0 Å². The van der Waals surface area contributed by atoms with Crippen LogP contribution in [0.25, 0.3) is 0 Å². The molecule has 3 nitrogen and oxygen atoms in total. The van der Waals surface area contributed by atoms with Crippen molar-refractivity contribution in [3.63, 3.8) is 0 Å². The topological polar surface area (TPSA) is 57.5 Å². The van der Waals surface area contributed by atoms with Crippen molar-refractivity contribution in [2.45, 2.75) is 44.4 Å². The molecular weight excluding hydrogens is 296 g/mol. The maximum absolute atomic E-state index is 11.5. The highest BCUT2D eigenvalue weighted by molar-refractivity contribution is 9.10. The van der Waals surface area contributed by atoms with E-state index in [2.05, 4.69) is 15.9 Å². The zero-order valence-corrected chi connectivity index (χ0v) is 12.1. The Morgan fingerprint density at radius 3 is 2.39 bits per heavy atom. The highest BCUT2D eigenvalue weighted by atomic mass is 79.9. The number of phenols is 1. The summed E-state index contributed by atoms with van der Waals surface area (Å²) in [7, 11) is 0. The monoisotopic (exact) mass is 312 g/mol. The lowest BCUT2D eigenvalue weighted by atomic mass is 9.64. The van der Waals surface area contributed by atoms with E-state index in [1.165, 1.54) is 0 Å². The van der Waals surface area contributed by atoms with Crippen LogP contribution in [-0.2, 0) is 10.2 Å². The molecule has 98 valence electrons. The quantitative estimate of drug-likeness (QED) is 0.893. The van der Waals surface area contributed by atoms with Crippen molar-refractivity contribution in [2.75, 3.05) is 0 Å². The van der Waals surface area contributed by atoms with E-state index in [4.69, 9.17) is 0 Å². The first kappa shape index (κ1) is 13.4. The number of halogens is 1. The number of phenolic OH excluding ortho intramolecular Hbond substituents is 1. The number of rotatable bonds is 3. The zero-order chi connectivity index (χ0) is 13.5. The van der Waals surface area contributed by atoms with Crippen LogP contribution in [0.2, 0.25) is 0 Å². The van der Waals surface area contributed by atoms with E-state index in [9.17, 15) is 15.0 Å². The molecule has 1 saturated carbocycles. The Hall–Kier alpha value is -1.03. The number of aromatic hydroxyl groups is 1. The molecule has 2 N–H and O–H groups in total. The predicted octanol–water partition coefficient (Wildman–Crippen LogP) is 3.78. The van der Waals surface area contributed by atoms with Crippen LogP contribution in [0, 0.1) is 0 Å². The van der Waals surface area contributed by atoms with E-state index >= 15 is 0 Å². The van der Waals surface area contributed by atoms with Crippen LogP contribution < -0.4 is 0 Å². The number of benzene rings is 1. The van der Waals surface area contributed by atoms with Gasteiger partial charge in [-0.25, -0.2) is 0 Å². The summed E-state index contributed by atoms with van der Waals surface area (Å²) in [6, 6.07) is 3.46. The molecule has 0 saturated heterocycles. The van der Waals surface area contributed by atoms with Gasteiger partial charge in [0.2, 0.25) is 0 Å². The summed E-state index contributed by atoms with van der Waals surface area (Å²) in [5, 5.41) is 19.5. The first-order valence-corrected chi connectivity index (χ1v) is 6.94. The van der Waals surface area contributed by atoms with Gasteiger partial charge in [-0.1, -0.05) is 36.2 Å². The predicted molar refractivity (Wildman–Crippen MR) is 73.1 cm³/mol. The molecule has 4 heteroatoms. The standard InChI is InChI=1S/C14H17BrO3/c1-8(2)9-6-12(16)10(7-11(9)15)14(13(17)18)4-3-5-14/h6-8,16H,3-5H2,1-2H3,(H,17,18). The third-order valence-electron chi connectivity index (χ3n) is 3.87. The maximum atomic E-state index is 11.5. The molecule has 1 aliphatic rings. The average molecular weight is 313 g/mol. The second-order valence-electron chi connectivity index (χ2n) is 5.29. The molecule has 0 amide bonds. The summed E-state index contributed by atoms with van der Waals surface area (Å²) in [5.41, 5.74) is 0.649. The van der Waals surface area contributed by atoms with Gasteiger partial charge >= 0.3 is 5.97 Å². The van der Waals surface area contributed by atoms with E-state index in [0.29, 0.717) is 18.4 Å². The molecule has 0 radical (unpaired) electrons. The van der Waals surface area contributed by atoms with Crippen LogP contribution in [0.5, 0.6) is 5.75 Å². The molecule has 1 aromatic rings. The molecule has 0 aliphatic heterocycles. The lowest BCUT2D eigenvalue weighted by Gasteiger charge is -2.38. The van der Waals surface area contributed by atoms with Crippen LogP contribution in [0.3, 0.4) is 0 Å². The van der Waals surface area contributed by atoms with Crippen molar-refractivity contribution in [2.24, 2.45) is 0 Å². The van der Waals surface area contributed by atoms with Crippen molar-refractivity contribution in [1.82, 2.24) is 0 Å². The first-order chi connectivity index (χ1) is 8.38. The van der Waals surface area contributed by atoms with Gasteiger partial charge in [-0.3, -0.25) is 4.79 Å². The van der Waals surface area contributed by atoms with Gasteiger partial charge in [0, 0.05) is 10.0 Å². The Morgan fingerprint density at radius 2 is 2.00 bits per heavy atom. The molecular formula is C14H17BrO3. The fraction of sp³-hybridized carbons (Fsp3) is 0.500. The van der Waals surface area contributed by atoms with Crippen molar-refractivity contribution in [3.8, 4) is 5.75 Å². The van der Waals surface area contributed by atoms with Gasteiger partial charge in [0.05, 0.1) is 5.41 Å². The summed E-state index contributed by atoms with van der Waals surface area (Å²) < 4.78 is 0.873. The van der Waals surface area contributed by atoms with E-state index in [1.807, 2.05) is 13.8 Å². The number of carboxylic acid groups (broad SMARTS) is 1. The summed E-state index contributed by atoms with van der Waals surface area (Å²) in [6.45, 7) is 4.07. The number of hydrogen-bond donors (Lipinski definition) is 2. The first-order valence-electron chi connectivity index (χ1n) is 6.15. The SMILES string of the molecule is CC(C)c1cc(O)c(C2(C(=O)O)CCC2)cc1Br. The van der Waals surface area contributed by atoms with Gasteiger partial charge in [0.1, 0.15) is 5.75 Å². The number of carboxylic acids is 1. The molecule has 18 heavy (non-hydrogen) atoms. The van der Waals surface area contributed by atoms with E-state index < -0.39 is 11.4 Å². The second-order valence-corrected chi connectivity index (χ2v) is 6.14. The zero-order valence-electron chi connectivity index (χ0n) is 10.5. The number of hydrogen-bond acceptors (Lipinski definition) is 2. The molecule has 1 aliphatic carbocycles. The van der Waals surface area contributed by atoms with Crippen molar-refractivity contribution in [3.05, 3.63) is 27.7 Å². The number of aliphatic carboxylic acids is 1. The van der Waals surface area contributed by atoms with E-state index in [-0.39, 0.29) is 11.7 Å². The fourth-order valence-corrected chi connectivity index (χ4v) is 3.33. The summed E-state index contributed by atoms with van der Waals surface area (Å²) in [5.74, 6) is -0.459. The van der Waals surface area contributed by atoms with E-state index in [1.54, 1.807) is 12.1 Å². The number of carbonyl (C=O) groups is 1. The van der Waals surface area contributed by atoms with Crippen LogP contribution in [0.4, 0.5) is 0 Å². The second kappa shape index (κ2) is 4.57. The fourth-order valence-electron chi connectivity index (χ4n) is 2.53. The van der Waals surface area contributed by atoms with Crippen LogP contribution >= 0.6 is 15.9 Å². The molecule has 2 rings (SSSR count). The Morgan fingerprint density at radius 1 is 1.39 bits per heavy atom. The average Bonchev–Trinajstić information content (AvgIpc) is 2.20. The Labute approximate surface area is 115 Å². The smallest absolute Gasteiger partial charge is 0.314 e. The summed E-state index contributed by atoms with van der Waals surface area (Å²) >= 11 is 3.47. The molecule has 1 aromatic carbocycles. The molecule has 0 atom stereocenters. The van der Waals surface area contributed by atoms with Gasteiger partial charge in [-0.2, -0.15) is 0 Å². The van der Waals surface area contributed by atoms with E-state index in [0.717, 1.165) is 16.5 Å². The van der Waals surface area contributed by atoms with Crippen LogP contribution in [0.15, 0.2) is 16.6 Å². The highest BCUT2D eigenvalue weighted by Gasteiger charge is 2.47. The highest BCUT2D eigenvalue weighted by Crippen LogP contribution is 2.48. The van der Waals surface area contributed by atoms with Crippen LogP contribution in [0.1, 0.15) is 50.2 Å². The van der Waals surface area contributed by atoms with Crippen molar-refractivity contribution >= 4 is 21.9 Å². The maximum Gasteiger partial charge on any atom is 0.314 e. The lowest BCUT2D eigenvalue weighted by molar-refractivity contribution is -0.147. The Balaban J connectivity index is 2.53. The van der Waals surface area contributed by atoms with Crippen molar-refractivity contribution < 1.29 is 15.0 Å². The third kappa shape index (κ3) is 1.92. The summed E-state index contributed by atoms with van der Waals surface area (Å²) in [6.07, 6.45) is 2.10. The largest absolute Gasteiger partial charge is 0.508 e. The molecule has 0 heterocycles. The van der Waals surface area contributed by atoms with Crippen molar-refractivity contribution in [1.29, 1.82) is 0 Å². The normalized spacial score (nSPS) is 17.6. The van der Waals surface area contributed by atoms with Gasteiger partial charge in [-0.05, 0) is 36.5 Å². The summed E-state index contributed by atoms with van der Waals surface area (Å²) in [4.78, 5) is 11.5. The Kier molecular flexibility index (Phi) is 3.41. The molecule has 1 fully saturated rings. The minimum Gasteiger partial charge on any atom is -0.508 e. The van der Waals surface area contributed by atoms with Gasteiger partial charge in [0.15, 0.2) is 0 Å².